The molecule has 2 heterocycles. The highest BCUT2D eigenvalue weighted by atomic mass is 32.1. The van der Waals surface area contributed by atoms with Crippen LogP contribution in [0.5, 0.6) is 0 Å². The fourth-order valence-electron chi connectivity index (χ4n) is 2.93. The number of amides is 2. The Bertz CT molecular complexity index is 746. The average Bonchev–Trinajstić information content (AvgIpc) is 3.08. The number of nitrogens with one attached hydrogen (secondary N) is 2. The smallest absolute Gasteiger partial charge is 0.279 e. The highest BCUT2D eigenvalue weighted by molar-refractivity contribution is 7.12. The Balaban J connectivity index is 1.49. The van der Waals surface area contributed by atoms with Crippen molar-refractivity contribution in [1.82, 2.24) is 10.9 Å². The molecule has 6 heteroatoms. The van der Waals surface area contributed by atoms with E-state index < -0.39 is 0 Å². The lowest BCUT2D eigenvalue weighted by Gasteiger charge is -2.22. The molecule has 1 fully saturated rings. The van der Waals surface area contributed by atoms with E-state index in [0.717, 1.165) is 18.7 Å². The molecular weight excluding hydrogens is 346 g/mol. The summed E-state index contributed by atoms with van der Waals surface area (Å²) in [5.74, 6) is -0.685. The van der Waals surface area contributed by atoms with E-state index in [-0.39, 0.29) is 11.8 Å². The van der Waals surface area contributed by atoms with Crippen LogP contribution in [0, 0.1) is 0 Å². The van der Waals surface area contributed by atoms with Gasteiger partial charge < -0.3 is 4.90 Å². The number of thiophene rings is 1. The summed E-state index contributed by atoms with van der Waals surface area (Å²) >= 11 is 1.32. The van der Waals surface area contributed by atoms with E-state index in [2.05, 4.69) is 27.9 Å². The maximum absolute atomic E-state index is 11.8. The fraction of sp³-hybridized carbons (Fsp3) is 0.300. The summed E-state index contributed by atoms with van der Waals surface area (Å²) in [5.41, 5.74) is 6.96. The number of carbonyl (C=O) groups excluding carboxylic acids is 2. The predicted octanol–water partition coefficient (Wildman–Crippen LogP) is 3.60. The van der Waals surface area contributed by atoms with Crippen molar-refractivity contribution in [3.05, 3.63) is 58.3 Å². The minimum atomic E-state index is -0.369. The SMILES string of the molecule is O=C(/C=C/c1ccc(N2CCCCCC2)cc1)NNC(=O)c1cccs1. The number of hydrazine groups is 1. The summed E-state index contributed by atoms with van der Waals surface area (Å²) in [6.07, 6.45) is 8.28. The normalized spacial score (nSPS) is 14.8. The molecule has 5 nitrogen and oxygen atoms in total. The van der Waals surface area contributed by atoms with Crippen molar-refractivity contribution < 1.29 is 9.59 Å². The Morgan fingerprint density at radius 3 is 2.35 bits per heavy atom. The maximum atomic E-state index is 11.8. The van der Waals surface area contributed by atoms with Gasteiger partial charge in [0.15, 0.2) is 0 Å². The summed E-state index contributed by atoms with van der Waals surface area (Å²) in [5, 5.41) is 1.81. The highest BCUT2D eigenvalue weighted by Crippen LogP contribution is 2.20. The molecule has 26 heavy (non-hydrogen) atoms. The molecule has 136 valence electrons. The van der Waals surface area contributed by atoms with Gasteiger partial charge in [0, 0.05) is 24.9 Å². The number of benzene rings is 1. The van der Waals surface area contributed by atoms with Gasteiger partial charge in [-0.05, 0) is 48.1 Å². The van der Waals surface area contributed by atoms with Gasteiger partial charge in [-0.15, -0.1) is 11.3 Å². The van der Waals surface area contributed by atoms with Gasteiger partial charge in [-0.1, -0.05) is 31.0 Å². The molecule has 1 aromatic carbocycles. The van der Waals surface area contributed by atoms with Crippen LogP contribution in [-0.2, 0) is 4.79 Å². The zero-order chi connectivity index (χ0) is 18.2. The molecule has 1 aliphatic rings. The summed E-state index contributed by atoms with van der Waals surface area (Å²) in [6.45, 7) is 2.23. The lowest BCUT2D eigenvalue weighted by molar-refractivity contribution is -0.117. The average molecular weight is 369 g/mol. The van der Waals surface area contributed by atoms with E-state index in [0.29, 0.717) is 4.88 Å². The van der Waals surface area contributed by atoms with Crippen LogP contribution in [0.2, 0.25) is 0 Å². The Morgan fingerprint density at radius 2 is 1.69 bits per heavy atom. The molecule has 1 aliphatic heterocycles. The van der Waals surface area contributed by atoms with Gasteiger partial charge in [-0.2, -0.15) is 0 Å². The van der Waals surface area contributed by atoms with Crippen molar-refractivity contribution in [2.75, 3.05) is 18.0 Å². The van der Waals surface area contributed by atoms with E-state index in [1.165, 1.54) is 48.8 Å². The molecule has 0 bridgehead atoms. The second kappa shape index (κ2) is 9.20. The first kappa shape index (κ1) is 18.2. The topological polar surface area (TPSA) is 61.4 Å². The van der Waals surface area contributed by atoms with Gasteiger partial charge in [-0.25, -0.2) is 0 Å². The lowest BCUT2D eigenvalue weighted by Crippen LogP contribution is -2.40. The summed E-state index contributed by atoms with van der Waals surface area (Å²) in [7, 11) is 0. The summed E-state index contributed by atoms with van der Waals surface area (Å²) in [4.78, 5) is 26.6. The van der Waals surface area contributed by atoms with Crippen LogP contribution in [0.1, 0.15) is 40.9 Å². The van der Waals surface area contributed by atoms with Crippen LogP contribution in [-0.4, -0.2) is 24.9 Å². The molecule has 1 saturated heterocycles. The van der Waals surface area contributed by atoms with E-state index in [4.69, 9.17) is 0 Å². The minimum absolute atomic E-state index is 0.316. The Labute approximate surface area is 157 Å². The molecule has 0 radical (unpaired) electrons. The summed E-state index contributed by atoms with van der Waals surface area (Å²) < 4.78 is 0. The second-order valence-electron chi connectivity index (χ2n) is 6.25. The van der Waals surface area contributed by atoms with Crippen molar-refractivity contribution in [2.24, 2.45) is 0 Å². The van der Waals surface area contributed by atoms with Crippen LogP contribution < -0.4 is 15.8 Å². The quantitative estimate of drug-likeness (QED) is 0.639. The third kappa shape index (κ3) is 5.20. The number of hydrogen-bond acceptors (Lipinski definition) is 4. The highest BCUT2D eigenvalue weighted by Gasteiger charge is 2.09. The molecule has 2 aromatic rings. The minimum Gasteiger partial charge on any atom is -0.372 e. The van der Waals surface area contributed by atoms with E-state index in [1.54, 1.807) is 18.2 Å². The largest absolute Gasteiger partial charge is 0.372 e. The number of nitrogens with zero attached hydrogens (tertiary/aromatic N) is 1. The van der Waals surface area contributed by atoms with E-state index in [1.807, 2.05) is 17.5 Å². The lowest BCUT2D eigenvalue weighted by atomic mass is 10.1. The Hall–Kier alpha value is -2.60. The van der Waals surface area contributed by atoms with Gasteiger partial charge in [0.25, 0.3) is 11.8 Å². The molecule has 0 saturated carbocycles. The molecule has 0 unspecified atom stereocenters. The molecule has 2 N–H and O–H groups in total. The summed E-state index contributed by atoms with van der Waals surface area (Å²) in [6, 6.07) is 11.7. The van der Waals surface area contributed by atoms with Crippen molar-refractivity contribution in [3.63, 3.8) is 0 Å². The standard InChI is InChI=1S/C20H23N3O2S/c24-19(21-22-20(25)18-6-5-15-26-18)12-9-16-7-10-17(11-8-16)23-13-3-1-2-4-14-23/h5-12,15H,1-4,13-14H2,(H,21,24)(H,22,25)/b12-9+. The molecule has 2 amide bonds. The number of carbonyl (C=O) groups is 2. The third-order valence-electron chi connectivity index (χ3n) is 4.34. The number of hydrogen-bond donors (Lipinski definition) is 2. The molecule has 3 rings (SSSR count). The van der Waals surface area contributed by atoms with Crippen molar-refractivity contribution in [2.45, 2.75) is 25.7 Å². The zero-order valence-electron chi connectivity index (χ0n) is 14.6. The number of anilines is 1. The molecule has 0 aliphatic carbocycles. The van der Waals surface area contributed by atoms with Crippen molar-refractivity contribution >= 4 is 34.9 Å². The fourth-order valence-corrected chi connectivity index (χ4v) is 3.55. The Morgan fingerprint density at radius 1 is 0.962 bits per heavy atom. The van der Waals surface area contributed by atoms with Gasteiger partial charge >= 0.3 is 0 Å². The molecule has 0 spiro atoms. The maximum Gasteiger partial charge on any atom is 0.279 e. The van der Waals surface area contributed by atoms with E-state index >= 15 is 0 Å². The second-order valence-corrected chi connectivity index (χ2v) is 7.19. The van der Waals surface area contributed by atoms with E-state index in [9.17, 15) is 9.59 Å². The third-order valence-corrected chi connectivity index (χ3v) is 5.20. The first-order valence-corrected chi connectivity index (χ1v) is 9.77. The predicted molar refractivity (Wildman–Crippen MR) is 106 cm³/mol. The van der Waals surface area contributed by atoms with Crippen LogP contribution >= 0.6 is 11.3 Å². The first-order valence-electron chi connectivity index (χ1n) is 8.89. The molecular formula is C20H23N3O2S. The van der Waals surface area contributed by atoms with Crippen LogP contribution in [0.3, 0.4) is 0 Å². The first-order chi connectivity index (χ1) is 12.7. The van der Waals surface area contributed by atoms with Crippen molar-refractivity contribution in [3.8, 4) is 0 Å². The van der Waals surface area contributed by atoms with Gasteiger partial charge in [0.2, 0.25) is 0 Å². The molecule has 0 atom stereocenters. The Kier molecular flexibility index (Phi) is 6.44. The van der Waals surface area contributed by atoms with Gasteiger partial charge in [-0.3, -0.25) is 20.4 Å². The van der Waals surface area contributed by atoms with Gasteiger partial charge in [0.1, 0.15) is 0 Å². The van der Waals surface area contributed by atoms with Crippen LogP contribution in [0.25, 0.3) is 6.08 Å². The zero-order valence-corrected chi connectivity index (χ0v) is 15.4. The van der Waals surface area contributed by atoms with Crippen LogP contribution in [0.4, 0.5) is 5.69 Å². The van der Waals surface area contributed by atoms with Crippen LogP contribution in [0.15, 0.2) is 47.9 Å². The number of rotatable bonds is 4. The molecule has 1 aromatic heterocycles. The monoisotopic (exact) mass is 369 g/mol. The van der Waals surface area contributed by atoms with Crippen molar-refractivity contribution in [1.29, 1.82) is 0 Å². The van der Waals surface area contributed by atoms with Gasteiger partial charge in [0.05, 0.1) is 4.88 Å².